The van der Waals surface area contributed by atoms with E-state index < -0.39 is 0 Å². The van der Waals surface area contributed by atoms with Gasteiger partial charge in [-0.25, -0.2) is 0 Å². The summed E-state index contributed by atoms with van der Waals surface area (Å²) < 4.78 is 15.7. The van der Waals surface area contributed by atoms with Crippen LogP contribution in [-0.2, 0) is 4.74 Å². The van der Waals surface area contributed by atoms with E-state index in [1.54, 1.807) is 14.2 Å². The Morgan fingerprint density at radius 2 is 0.919 bits per heavy atom. The fourth-order valence-electron chi connectivity index (χ4n) is 2.71. The van der Waals surface area contributed by atoms with Gasteiger partial charge in [-0.2, -0.15) is 0 Å². The Morgan fingerprint density at radius 3 is 1.16 bits per heavy atom. The molecule has 2 fully saturated rings. The number of hydrogen-bond donors (Lipinski definition) is 1. The summed E-state index contributed by atoms with van der Waals surface area (Å²) in [6.45, 7) is 18.2. The van der Waals surface area contributed by atoms with Crippen LogP contribution in [-0.4, -0.2) is 45.1 Å². The van der Waals surface area contributed by atoms with E-state index in [9.17, 15) is 0 Å². The number of benzene rings is 2. The zero-order chi connectivity index (χ0) is 27.2. The Kier molecular flexibility index (Phi) is 32.5. The first-order chi connectivity index (χ1) is 16.9. The van der Waals surface area contributed by atoms with Crippen molar-refractivity contribution < 1.29 is 54.4 Å². The molecule has 0 aliphatic heterocycles. The van der Waals surface area contributed by atoms with E-state index in [1.807, 2.05) is 27.7 Å². The van der Waals surface area contributed by atoms with Gasteiger partial charge in [0.15, 0.2) is 0 Å². The van der Waals surface area contributed by atoms with Crippen molar-refractivity contribution in [3.63, 3.8) is 0 Å². The number of ether oxygens (including phenoxy) is 3. The molecule has 210 valence electrons. The summed E-state index contributed by atoms with van der Waals surface area (Å²) in [5.74, 6) is 3.79. The zero-order valence-corrected chi connectivity index (χ0v) is 28.0. The summed E-state index contributed by atoms with van der Waals surface area (Å²) in [4.78, 5) is 0. The van der Waals surface area contributed by atoms with Crippen LogP contribution in [0.4, 0.5) is 0 Å². The van der Waals surface area contributed by atoms with Gasteiger partial charge in [0, 0.05) is 21.3 Å². The number of methoxy groups -OCH3 is 1. The predicted molar refractivity (Wildman–Crippen MR) is 154 cm³/mol. The van der Waals surface area contributed by atoms with Crippen molar-refractivity contribution in [2.45, 2.75) is 81.1 Å². The molecule has 0 bridgehead atoms. The van der Waals surface area contributed by atoms with Gasteiger partial charge in [0.1, 0.15) is 11.5 Å². The van der Waals surface area contributed by atoms with Crippen molar-refractivity contribution in [2.75, 3.05) is 34.5 Å². The first-order valence-corrected chi connectivity index (χ1v) is 13.2. The van der Waals surface area contributed by atoms with Crippen molar-refractivity contribution in [3.05, 3.63) is 58.7 Å². The van der Waals surface area contributed by atoms with Gasteiger partial charge in [-0.15, -0.1) is 0 Å². The van der Waals surface area contributed by atoms with Crippen molar-refractivity contribution in [1.29, 1.82) is 0 Å². The molecule has 4 rings (SSSR count). The quantitative estimate of drug-likeness (QED) is 0.536. The summed E-state index contributed by atoms with van der Waals surface area (Å²) in [5, 5.41) is 7.00. The Hall–Kier alpha value is -1.08. The zero-order valence-electron chi connectivity index (χ0n) is 26.0. The van der Waals surface area contributed by atoms with Gasteiger partial charge in [-0.05, 0) is 99.6 Å². The Morgan fingerprint density at radius 1 is 0.649 bits per heavy atom. The van der Waals surface area contributed by atoms with Gasteiger partial charge in [-0.3, -0.25) is 0 Å². The standard InChI is InChI=1S/2C12H16O.C2H6O.2C2H6.CH4O.Na.H2O/c2*1-9-3-4-10(2)12(7-9)13-8-11-5-6-11;1-3-2;3*1-2;;/h2*3-4,7,11H,5-6,8H2,1-2H3;1-2H3;2*1-2H3;2H,1H3;;1H2/q;;;;;;+1;/p-1. The molecule has 2 aliphatic carbocycles. The third kappa shape index (κ3) is 22.6. The molecule has 6 heteroatoms. The van der Waals surface area contributed by atoms with Gasteiger partial charge in [0.2, 0.25) is 0 Å². The Labute approximate surface area is 250 Å². The van der Waals surface area contributed by atoms with Gasteiger partial charge in [0.25, 0.3) is 0 Å². The summed E-state index contributed by atoms with van der Waals surface area (Å²) in [5.41, 5.74) is 5.03. The molecule has 0 saturated heterocycles. The number of aliphatic hydroxyl groups is 1. The molecule has 2 saturated carbocycles. The number of hydrogen-bond acceptors (Lipinski definition) is 5. The molecule has 0 spiro atoms. The smallest absolute Gasteiger partial charge is 0.870 e. The Balaban J connectivity index is -0.000000216. The molecular formula is C31H55NaO5. The first-order valence-electron chi connectivity index (χ1n) is 13.2. The fourth-order valence-corrected chi connectivity index (χ4v) is 2.71. The van der Waals surface area contributed by atoms with Crippen molar-refractivity contribution in [1.82, 2.24) is 0 Å². The van der Waals surface area contributed by atoms with Gasteiger partial charge < -0.3 is 24.8 Å². The maximum absolute atomic E-state index is 7.00. The van der Waals surface area contributed by atoms with Crippen LogP contribution in [0.25, 0.3) is 0 Å². The minimum absolute atomic E-state index is 0. The van der Waals surface area contributed by atoms with Gasteiger partial charge in [0.05, 0.1) is 13.2 Å². The SMILES string of the molecule is CC.CC.CO.COC.Cc1ccc(C)c(OCC2CC2)c1.Cc1ccc(C)c(OCC2CC2)c1.[Na+].[OH-]. The normalized spacial score (nSPS) is 12.1. The molecule has 2 aromatic carbocycles. The van der Waals surface area contributed by atoms with E-state index in [1.165, 1.54) is 47.9 Å². The van der Waals surface area contributed by atoms with Gasteiger partial charge >= 0.3 is 29.6 Å². The number of aliphatic hydroxyl groups excluding tert-OH is 1. The molecule has 0 atom stereocenters. The fraction of sp³-hybridized carbons (Fsp3) is 0.613. The van der Waals surface area contributed by atoms with Crippen molar-refractivity contribution in [3.8, 4) is 11.5 Å². The maximum atomic E-state index is 7.00. The van der Waals surface area contributed by atoms with Crippen LogP contribution >= 0.6 is 0 Å². The molecule has 0 aromatic heterocycles. The summed E-state index contributed by atoms with van der Waals surface area (Å²) in [6.07, 6.45) is 5.41. The van der Waals surface area contributed by atoms with Crippen molar-refractivity contribution >= 4 is 0 Å². The minimum Gasteiger partial charge on any atom is -0.870 e. The topological polar surface area (TPSA) is 77.9 Å². The first kappa shape index (κ1) is 43.0. The maximum Gasteiger partial charge on any atom is 1.00 e. The third-order valence-corrected chi connectivity index (χ3v) is 5.03. The molecule has 2 N–H and O–H groups in total. The van der Waals surface area contributed by atoms with E-state index in [-0.39, 0.29) is 35.0 Å². The molecule has 2 aliphatic rings. The molecular weight excluding hydrogens is 475 g/mol. The minimum atomic E-state index is 0. The van der Waals surface area contributed by atoms with Crippen LogP contribution in [0.2, 0.25) is 0 Å². The largest absolute Gasteiger partial charge is 1.00 e. The third-order valence-electron chi connectivity index (χ3n) is 5.03. The van der Waals surface area contributed by atoms with Crippen molar-refractivity contribution in [2.24, 2.45) is 11.8 Å². The second kappa shape index (κ2) is 27.9. The van der Waals surface area contributed by atoms with Gasteiger partial charge in [-0.1, -0.05) is 52.0 Å². The van der Waals surface area contributed by atoms with E-state index in [4.69, 9.17) is 14.6 Å². The van der Waals surface area contributed by atoms with E-state index in [0.717, 1.165) is 43.7 Å². The molecule has 2 aromatic rings. The molecule has 0 amide bonds. The van der Waals surface area contributed by atoms with Crippen LogP contribution in [0.3, 0.4) is 0 Å². The monoisotopic (exact) mass is 530 g/mol. The number of aryl methyl sites for hydroxylation is 4. The van der Waals surface area contributed by atoms with E-state index in [0.29, 0.717) is 0 Å². The van der Waals surface area contributed by atoms with Crippen LogP contribution in [0, 0.1) is 39.5 Å². The van der Waals surface area contributed by atoms with E-state index in [2.05, 4.69) is 68.8 Å². The molecule has 0 radical (unpaired) electrons. The van der Waals surface area contributed by atoms with Crippen LogP contribution < -0.4 is 39.0 Å². The molecule has 0 unspecified atom stereocenters. The molecule has 5 nitrogen and oxygen atoms in total. The predicted octanol–water partition coefficient (Wildman–Crippen LogP) is 4.94. The molecule has 37 heavy (non-hydrogen) atoms. The van der Waals surface area contributed by atoms with Crippen LogP contribution in [0.15, 0.2) is 36.4 Å². The van der Waals surface area contributed by atoms with Crippen LogP contribution in [0.1, 0.15) is 75.6 Å². The summed E-state index contributed by atoms with van der Waals surface area (Å²) >= 11 is 0. The summed E-state index contributed by atoms with van der Waals surface area (Å²) in [6, 6.07) is 12.7. The van der Waals surface area contributed by atoms with E-state index >= 15 is 0 Å². The second-order valence-electron chi connectivity index (χ2n) is 8.45. The summed E-state index contributed by atoms with van der Waals surface area (Å²) in [7, 11) is 4.25. The Bertz CT molecular complexity index is 696. The molecule has 0 heterocycles. The second-order valence-corrected chi connectivity index (χ2v) is 8.45. The average molecular weight is 531 g/mol. The van der Waals surface area contributed by atoms with Crippen LogP contribution in [0.5, 0.6) is 11.5 Å². The number of rotatable bonds is 6. The average Bonchev–Trinajstić information content (AvgIpc) is 3.80.